The minimum absolute atomic E-state index is 0.272. The van der Waals surface area contributed by atoms with Crippen molar-refractivity contribution in [2.45, 2.75) is 32.8 Å². The van der Waals surface area contributed by atoms with E-state index in [9.17, 15) is 0 Å². The number of hydrogen-bond donors (Lipinski definition) is 2. The van der Waals surface area contributed by atoms with Gasteiger partial charge >= 0.3 is 0 Å². The second-order valence-electron chi connectivity index (χ2n) is 4.34. The highest BCUT2D eigenvalue weighted by Gasteiger charge is 2.27. The molecule has 5 heteroatoms. The quantitative estimate of drug-likeness (QED) is 0.321. The molecular weight excluding hydrogens is 204 g/mol. The van der Waals surface area contributed by atoms with Gasteiger partial charge in [-0.3, -0.25) is 10.4 Å². The lowest BCUT2D eigenvalue weighted by atomic mass is 9.96. The molecule has 94 valence electrons. The normalized spacial score (nSPS) is 27.0. The van der Waals surface area contributed by atoms with Crippen LogP contribution in [0.5, 0.6) is 0 Å². The molecule has 1 saturated heterocycles. The topological polar surface area (TPSA) is 62.9 Å². The van der Waals surface area contributed by atoms with Crippen molar-refractivity contribution in [2.24, 2.45) is 16.8 Å². The second-order valence-corrected chi connectivity index (χ2v) is 4.34. The number of nitrogens with one attached hydrogen (secondary N) is 1. The maximum absolute atomic E-state index is 5.50. The zero-order chi connectivity index (χ0) is 12.0. The summed E-state index contributed by atoms with van der Waals surface area (Å²) in [6.45, 7) is 7.00. The number of hydrogen-bond acceptors (Lipinski definition) is 3. The highest BCUT2D eigenvalue weighted by atomic mass is 16.5. The summed E-state index contributed by atoms with van der Waals surface area (Å²) in [6.07, 6.45) is 2.42. The van der Waals surface area contributed by atoms with Gasteiger partial charge in [-0.2, -0.15) is 0 Å². The number of nitrogens with two attached hydrogens (primary N) is 1. The molecule has 0 saturated carbocycles. The fraction of sp³-hybridized carbons (Fsp3) is 0.909. The molecule has 1 aliphatic heterocycles. The van der Waals surface area contributed by atoms with E-state index in [0.717, 1.165) is 38.4 Å². The number of rotatable bonds is 3. The standard InChI is InChI=1S/C11H24N4O/c1-4-6-13-11(14-12)15-7-5-9(2)10(8-15)16-3/h9-10H,4-8,12H2,1-3H3,(H,13,14). The van der Waals surface area contributed by atoms with Gasteiger partial charge in [0, 0.05) is 26.7 Å². The molecule has 0 radical (unpaired) electrons. The van der Waals surface area contributed by atoms with Gasteiger partial charge in [0.15, 0.2) is 0 Å². The molecule has 1 rings (SSSR count). The average molecular weight is 228 g/mol. The predicted molar refractivity (Wildman–Crippen MR) is 66.1 cm³/mol. The van der Waals surface area contributed by atoms with E-state index in [2.05, 4.69) is 29.2 Å². The molecule has 0 aromatic heterocycles. The van der Waals surface area contributed by atoms with Crippen molar-refractivity contribution in [1.29, 1.82) is 0 Å². The highest BCUT2D eigenvalue weighted by Crippen LogP contribution is 2.19. The Labute approximate surface area is 98.0 Å². The van der Waals surface area contributed by atoms with Crippen molar-refractivity contribution in [3.05, 3.63) is 0 Å². The number of methoxy groups -OCH3 is 1. The first kappa shape index (κ1) is 13.3. The molecule has 0 aromatic rings. The van der Waals surface area contributed by atoms with E-state index >= 15 is 0 Å². The van der Waals surface area contributed by atoms with Crippen LogP contribution in [0.4, 0.5) is 0 Å². The van der Waals surface area contributed by atoms with E-state index in [1.165, 1.54) is 0 Å². The van der Waals surface area contributed by atoms with Gasteiger partial charge < -0.3 is 9.64 Å². The van der Waals surface area contributed by atoms with E-state index in [1.807, 2.05) is 0 Å². The number of aliphatic imine (C=N–C) groups is 1. The van der Waals surface area contributed by atoms with Crippen LogP contribution in [-0.2, 0) is 4.74 Å². The van der Waals surface area contributed by atoms with Crippen LogP contribution in [0, 0.1) is 5.92 Å². The lowest BCUT2D eigenvalue weighted by molar-refractivity contribution is 0.0140. The zero-order valence-corrected chi connectivity index (χ0v) is 10.6. The third-order valence-electron chi connectivity index (χ3n) is 3.11. The van der Waals surface area contributed by atoms with Gasteiger partial charge in [0.25, 0.3) is 0 Å². The lowest BCUT2D eigenvalue weighted by Gasteiger charge is -2.37. The van der Waals surface area contributed by atoms with E-state index in [-0.39, 0.29) is 6.10 Å². The largest absolute Gasteiger partial charge is 0.379 e. The Morgan fingerprint density at radius 2 is 2.38 bits per heavy atom. The Bertz CT molecular complexity index is 232. The Morgan fingerprint density at radius 1 is 1.62 bits per heavy atom. The Balaban J connectivity index is 2.58. The van der Waals surface area contributed by atoms with E-state index in [1.54, 1.807) is 7.11 Å². The molecule has 3 N–H and O–H groups in total. The molecule has 0 aromatic carbocycles. The maximum atomic E-state index is 5.50. The molecule has 5 nitrogen and oxygen atoms in total. The molecule has 1 fully saturated rings. The molecule has 2 unspecified atom stereocenters. The third kappa shape index (κ3) is 3.35. The van der Waals surface area contributed by atoms with Crippen LogP contribution in [0.1, 0.15) is 26.7 Å². The van der Waals surface area contributed by atoms with Gasteiger partial charge in [0.1, 0.15) is 0 Å². The lowest BCUT2D eigenvalue weighted by Crippen LogP contribution is -2.52. The van der Waals surface area contributed by atoms with Gasteiger partial charge in [-0.25, -0.2) is 5.84 Å². The van der Waals surface area contributed by atoms with Crippen molar-refractivity contribution < 1.29 is 4.74 Å². The van der Waals surface area contributed by atoms with Gasteiger partial charge in [0.2, 0.25) is 5.96 Å². The number of hydrazine groups is 1. The fourth-order valence-electron chi connectivity index (χ4n) is 1.99. The molecule has 1 aliphatic rings. The summed E-state index contributed by atoms with van der Waals surface area (Å²) in [5, 5.41) is 0. The van der Waals surface area contributed by atoms with Crippen molar-refractivity contribution in [1.82, 2.24) is 10.3 Å². The fourth-order valence-corrected chi connectivity index (χ4v) is 1.99. The predicted octanol–water partition coefficient (Wildman–Crippen LogP) is 0.573. The minimum atomic E-state index is 0.272. The van der Waals surface area contributed by atoms with E-state index in [0.29, 0.717) is 5.92 Å². The van der Waals surface area contributed by atoms with Crippen molar-refractivity contribution in [2.75, 3.05) is 26.7 Å². The van der Waals surface area contributed by atoms with Crippen LogP contribution >= 0.6 is 0 Å². The van der Waals surface area contributed by atoms with Gasteiger partial charge in [-0.15, -0.1) is 0 Å². The molecule has 0 amide bonds. The number of likely N-dealkylation sites (tertiary alicyclic amines) is 1. The van der Waals surface area contributed by atoms with Crippen molar-refractivity contribution in [3.8, 4) is 0 Å². The van der Waals surface area contributed by atoms with Crippen LogP contribution in [0.25, 0.3) is 0 Å². The van der Waals surface area contributed by atoms with Crippen LogP contribution in [0.2, 0.25) is 0 Å². The summed E-state index contributed by atoms with van der Waals surface area (Å²) >= 11 is 0. The number of piperidine rings is 1. The van der Waals surface area contributed by atoms with Crippen LogP contribution in [0.15, 0.2) is 4.99 Å². The van der Waals surface area contributed by atoms with Crippen LogP contribution in [-0.4, -0.2) is 43.7 Å². The summed E-state index contributed by atoms with van der Waals surface area (Å²) in [6, 6.07) is 0. The summed E-state index contributed by atoms with van der Waals surface area (Å²) in [4.78, 5) is 6.60. The Kier molecular flexibility index (Phi) is 5.55. The van der Waals surface area contributed by atoms with Crippen molar-refractivity contribution in [3.63, 3.8) is 0 Å². The number of ether oxygens (including phenoxy) is 1. The minimum Gasteiger partial charge on any atom is -0.379 e. The van der Waals surface area contributed by atoms with Crippen molar-refractivity contribution >= 4 is 5.96 Å². The van der Waals surface area contributed by atoms with Crippen LogP contribution < -0.4 is 11.3 Å². The monoisotopic (exact) mass is 228 g/mol. The van der Waals surface area contributed by atoms with Gasteiger partial charge in [0.05, 0.1) is 6.10 Å². The smallest absolute Gasteiger partial charge is 0.208 e. The Hall–Kier alpha value is -0.810. The van der Waals surface area contributed by atoms with E-state index in [4.69, 9.17) is 10.6 Å². The summed E-state index contributed by atoms with van der Waals surface area (Å²) < 4.78 is 5.47. The molecule has 0 spiro atoms. The molecule has 1 heterocycles. The van der Waals surface area contributed by atoms with Gasteiger partial charge in [-0.1, -0.05) is 13.8 Å². The molecule has 2 atom stereocenters. The van der Waals surface area contributed by atoms with Gasteiger partial charge in [-0.05, 0) is 18.8 Å². The molecule has 0 bridgehead atoms. The summed E-state index contributed by atoms with van der Waals surface area (Å²) in [7, 11) is 1.77. The third-order valence-corrected chi connectivity index (χ3v) is 3.11. The summed E-state index contributed by atoms with van der Waals surface area (Å²) in [5.41, 5.74) is 2.69. The first-order chi connectivity index (χ1) is 7.72. The summed E-state index contributed by atoms with van der Waals surface area (Å²) in [5.74, 6) is 6.89. The first-order valence-electron chi connectivity index (χ1n) is 6.01. The number of nitrogens with zero attached hydrogens (tertiary/aromatic N) is 2. The SMILES string of the molecule is CCCN=C(NN)N1CCC(C)C(OC)C1. The molecule has 16 heavy (non-hydrogen) atoms. The Morgan fingerprint density at radius 3 is 2.94 bits per heavy atom. The highest BCUT2D eigenvalue weighted by molar-refractivity contribution is 5.79. The first-order valence-corrected chi connectivity index (χ1v) is 6.01. The maximum Gasteiger partial charge on any atom is 0.208 e. The zero-order valence-electron chi connectivity index (χ0n) is 10.6. The molecular formula is C11H24N4O. The second kappa shape index (κ2) is 6.70. The van der Waals surface area contributed by atoms with Crippen LogP contribution in [0.3, 0.4) is 0 Å². The molecule has 0 aliphatic carbocycles. The number of guanidine groups is 1. The van der Waals surface area contributed by atoms with E-state index < -0.39 is 0 Å². The average Bonchev–Trinajstić information content (AvgIpc) is 2.32.